The number of nitrogen functional groups attached to an aromatic ring is 1. The van der Waals surface area contributed by atoms with Crippen molar-refractivity contribution >= 4 is 11.6 Å². The molecule has 4 N–H and O–H groups in total. The van der Waals surface area contributed by atoms with Crippen LogP contribution in [0.25, 0.3) is 0 Å². The first-order valence-electron chi connectivity index (χ1n) is 3.36. The van der Waals surface area contributed by atoms with Crippen LogP contribution in [-0.4, -0.2) is 10.9 Å². The lowest BCUT2D eigenvalue weighted by molar-refractivity contribution is 0.0984. The molecule has 0 aliphatic heterocycles. The zero-order chi connectivity index (χ0) is 10.0. The normalized spacial score (nSPS) is 10.4. The van der Waals surface area contributed by atoms with Crippen molar-refractivity contribution in [1.29, 1.82) is 0 Å². The molecule has 70 valence electrons. The number of nitrogens with two attached hydrogens (primary N) is 2. The minimum Gasteiger partial charge on any atom is -0.398 e. The summed E-state index contributed by atoms with van der Waals surface area (Å²) in [5.41, 5.74) is 8.98. The van der Waals surface area contributed by atoms with E-state index in [0.29, 0.717) is 0 Å². The van der Waals surface area contributed by atoms with Gasteiger partial charge in [-0.05, 0) is 6.07 Å². The summed E-state index contributed by atoms with van der Waals surface area (Å²) in [5.74, 6) is -0.999. The highest BCUT2D eigenvalue weighted by molar-refractivity contribution is 5.99. The molecule has 0 spiro atoms. The predicted molar refractivity (Wildman–Crippen MR) is 42.1 cm³/mol. The Labute approximate surface area is 72.6 Å². The van der Waals surface area contributed by atoms with Gasteiger partial charge < -0.3 is 11.5 Å². The first-order chi connectivity index (χ1) is 6.04. The smallest absolute Gasteiger partial charge is 0.281 e. The number of hydrogen-bond donors (Lipinski definition) is 2. The van der Waals surface area contributed by atoms with Crippen molar-refractivity contribution in [2.75, 3.05) is 5.73 Å². The van der Waals surface area contributed by atoms with Crippen molar-refractivity contribution < 1.29 is 13.6 Å². The SMILES string of the molecule is NC(=O)c1c(N)ccnc1C(F)F. The van der Waals surface area contributed by atoms with Crippen molar-refractivity contribution in [3.8, 4) is 0 Å². The van der Waals surface area contributed by atoms with Gasteiger partial charge in [0.2, 0.25) is 0 Å². The Morgan fingerprint density at radius 3 is 2.54 bits per heavy atom. The molecule has 0 aromatic carbocycles. The summed E-state index contributed by atoms with van der Waals surface area (Å²) in [6, 6.07) is 1.24. The predicted octanol–water partition coefficient (Wildman–Crippen LogP) is 0.700. The molecule has 4 nitrogen and oxygen atoms in total. The maximum Gasteiger partial charge on any atom is 0.281 e. The van der Waals surface area contributed by atoms with Gasteiger partial charge in [-0.2, -0.15) is 0 Å². The number of anilines is 1. The van der Waals surface area contributed by atoms with E-state index in [9.17, 15) is 13.6 Å². The van der Waals surface area contributed by atoms with E-state index in [4.69, 9.17) is 11.5 Å². The summed E-state index contributed by atoms with van der Waals surface area (Å²) < 4.78 is 24.5. The van der Waals surface area contributed by atoms with Crippen molar-refractivity contribution in [3.63, 3.8) is 0 Å². The van der Waals surface area contributed by atoms with Gasteiger partial charge in [0.25, 0.3) is 12.3 Å². The molecular weight excluding hydrogens is 180 g/mol. The third-order valence-electron chi connectivity index (χ3n) is 1.47. The van der Waals surface area contributed by atoms with Crippen molar-refractivity contribution in [1.82, 2.24) is 4.98 Å². The summed E-state index contributed by atoms with van der Waals surface area (Å²) >= 11 is 0. The van der Waals surface area contributed by atoms with Gasteiger partial charge in [-0.15, -0.1) is 0 Å². The number of halogens is 2. The van der Waals surface area contributed by atoms with Crippen LogP contribution in [-0.2, 0) is 0 Å². The molecule has 1 aromatic heterocycles. The molecule has 0 fully saturated rings. The molecule has 0 aliphatic rings. The molecule has 1 aromatic rings. The third kappa shape index (κ3) is 1.71. The minimum absolute atomic E-state index is 0.0854. The zero-order valence-corrected chi connectivity index (χ0v) is 6.50. The molecule has 0 saturated heterocycles. The number of alkyl halides is 2. The fraction of sp³-hybridized carbons (Fsp3) is 0.143. The lowest BCUT2D eigenvalue weighted by Crippen LogP contribution is -2.17. The highest BCUT2D eigenvalue weighted by Gasteiger charge is 2.20. The second kappa shape index (κ2) is 3.34. The van der Waals surface area contributed by atoms with Crippen molar-refractivity contribution in [3.05, 3.63) is 23.5 Å². The molecule has 13 heavy (non-hydrogen) atoms. The molecule has 6 heteroatoms. The fourth-order valence-electron chi connectivity index (χ4n) is 0.928. The number of primary amides is 1. The Balaban J connectivity index is 3.34. The topological polar surface area (TPSA) is 82.0 Å². The van der Waals surface area contributed by atoms with Crippen LogP contribution in [0.3, 0.4) is 0 Å². The quantitative estimate of drug-likeness (QED) is 0.714. The Morgan fingerprint density at radius 1 is 1.54 bits per heavy atom. The molecule has 0 atom stereocenters. The Morgan fingerprint density at radius 2 is 2.15 bits per heavy atom. The van der Waals surface area contributed by atoms with Crippen LogP contribution < -0.4 is 11.5 Å². The number of amides is 1. The first kappa shape index (κ1) is 9.37. The number of rotatable bonds is 2. The maximum atomic E-state index is 12.2. The van der Waals surface area contributed by atoms with E-state index < -0.39 is 23.6 Å². The fourth-order valence-corrected chi connectivity index (χ4v) is 0.928. The van der Waals surface area contributed by atoms with Gasteiger partial charge in [0, 0.05) is 11.9 Å². The Bertz CT molecular complexity index is 341. The van der Waals surface area contributed by atoms with Gasteiger partial charge in [-0.25, -0.2) is 8.78 Å². The average molecular weight is 187 g/mol. The number of nitrogens with zero attached hydrogens (tertiary/aromatic N) is 1. The van der Waals surface area contributed by atoms with Gasteiger partial charge in [-0.3, -0.25) is 9.78 Å². The van der Waals surface area contributed by atoms with Crippen molar-refractivity contribution in [2.45, 2.75) is 6.43 Å². The number of carbonyl (C=O) groups is 1. The van der Waals surface area contributed by atoms with E-state index in [1.807, 2.05) is 0 Å². The second-order valence-corrected chi connectivity index (χ2v) is 2.33. The lowest BCUT2D eigenvalue weighted by Gasteiger charge is -2.06. The van der Waals surface area contributed by atoms with Crippen LogP contribution in [0.1, 0.15) is 22.5 Å². The average Bonchev–Trinajstić information content (AvgIpc) is 2.02. The third-order valence-corrected chi connectivity index (χ3v) is 1.47. The van der Waals surface area contributed by atoms with E-state index in [-0.39, 0.29) is 5.69 Å². The van der Waals surface area contributed by atoms with Gasteiger partial charge in [0.1, 0.15) is 5.69 Å². The van der Waals surface area contributed by atoms with Crippen LogP contribution in [0.5, 0.6) is 0 Å². The molecule has 1 heterocycles. The maximum absolute atomic E-state index is 12.2. The zero-order valence-electron chi connectivity index (χ0n) is 6.50. The molecule has 0 aliphatic carbocycles. The van der Waals surface area contributed by atoms with E-state index in [0.717, 1.165) is 6.20 Å². The lowest BCUT2D eigenvalue weighted by atomic mass is 10.1. The van der Waals surface area contributed by atoms with Gasteiger partial charge in [0.05, 0.1) is 5.56 Å². The molecule has 0 radical (unpaired) electrons. The van der Waals surface area contributed by atoms with E-state index >= 15 is 0 Å². The minimum atomic E-state index is -2.86. The Hall–Kier alpha value is -1.72. The molecular formula is C7H7F2N3O. The van der Waals surface area contributed by atoms with E-state index in [1.54, 1.807) is 0 Å². The summed E-state index contributed by atoms with van der Waals surface area (Å²) in [4.78, 5) is 14.0. The van der Waals surface area contributed by atoms with Gasteiger partial charge >= 0.3 is 0 Å². The molecule has 0 unspecified atom stereocenters. The summed E-state index contributed by atoms with van der Waals surface area (Å²) in [6.07, 6.45) is -1.76. The van der Waals surface area contributed by atoms with Crippen LogP contribution in [0.15, 0.2) is 12.3 Å². The largest absolute Gasteiger partial charge is 0.398 e. The van der Waals surface area contributed by atoms with Crippen LogP contribution >= 0.6 is 0 Å². The summed E-state index contributed by atoms with van der Waals surface area (Å²) in [7, 11) is 0. The highest BCUT2D eigenvalue weighted by Crippen LogP contribution is 2.23. The van der Waals surface area contributed by atoms with Gasteiger partial charge in [0.15, 0.2) is 0 Å². The molecule has 0 saturated carbocycles. The molecule has 0 bridgehead atoms. The number of hydrogen-bond acceptors (Lipinski definition) is 3. The summed E-state index contributed by atoms with van der Waals surface area (Å²) in [5, 5.41) is 0. The molecule has 1 rings (SSSR count). The highest BCUT2D eigenvalue weighted by atomic mass is 19.3. The second-order valence-electron chi connectivity index (χ2n) is 2.33. The van der Waals surface area contributed by atoms with Gasteiger partial charge in [-0.1, -0.05) is 0 Å². The standard InChI is InChI=1S/C7H7F2N3O/c8-6(9)5-4(7(11)13)3(10)1-2-12-5/h1-2,6H,(H2,10,12)(H2,11,13). The number of pyridine rings is 1. The monoisotopic (exact) mass is 187 g/mol. The van der Waals surface area contributed by atoms with Crippen LogP contribution in [0, 0.1) is 0 Å². The van der Waals surface area contributed by atoms with Crippen molar-refractivity contribution in [2.24, 2.45) is 5.73 Å². The Kier molecular flexibility index (Phi) is 2.41. The molecule has 1 amide bonds. The summed E-state index contributed by atoms with van der Waals surface area (Å²) in [6.45, 7) is 0. The van der Waals surface area contributed by atoms with E-state index in [2.05, 4.69) is 4.98 Å². The number of aromatic nitrogens is 1. The van der Waals surface area contributed by atoms with Crippen LogP contribution in [0.2, 0.25) is 0 Å². The number of carbonyl (C=O) groups excluding carboxylic acids is 1. The van der Waals surface area contributed by atoms with E-state index in [1.165, 1.54) is 6.07 Å². The van der Waals surface area contributed by atoms with Crippen LogP contribution in [0.4, 0.5) is 14.5 Å². The first-order valence-corrected chi connectivity index (χ1v) is 3.36.